The maximum Gasteiger partial charge on any atom is 0.171 e. The normalized spacial score (nSPS) is 33.5. The fourth-order valence-corrected chi connectivity index (χ4v) is 3.38. The lowest BCUT2D eigenvalue weighted by molar-refractivity contribution is -0.337. The van der Waals surface area contributed by atoms with E-state index in [1.807, 2.05) is 0 Å². The Bertz CT molecular complexity index is 303. The molecule has 106 valence electrons. The average molecular weight is 255 g/mol. The zero-order valence-electron chi connectivity index (χ0n) is 13.1. The Morgan fingerprint density at radius 1 is 0.778 bits per heavy atom. The Kier molecular flexibility index (Phi) is 3.13. The van der Waals surface area contributed by atoms with E-state index in [9.17, 15) is 0 Å². The number of piperidine rings is 1. The van der Waals surface area contributed by atoms with E-state index >= 15 is 0 Å². The van der Waals surface area contributed by atoms with Crippen molar-refractivity contribution in [1.82, 2.24) is 4.90 Å². The van der Waals surface area contributed by atoms with Crippen molar-refractivity contribution in [2.24, 2.45) is 5.41 Å². The summed E-state index contributed by atoms with van der Waals surface area (Å²) in [5, 5.41) is 0. The highest BCUT2D eigenvalue weighted by molar-refractivity contribution is 5.03. The molecular weight excluding hydrogens is 226 g/mol. The summed E-state index contributed by atoms with van der Waals surface area (Å²) in [6, 6.07) is 0. The Labute approximate surface area is 112 Å². The van der Waals surface area contributed by atoms with Crippen LogP contribution in [0.3, 0.4) is 0 Å². The number of ether oxygens (including phenoxy) is 2. The molecule has 0 aromatic rings. The van der Waals surface area contributed by atoms with Crippen molar-refractivity contribution < 1.29 is 9.47 Å². The molecule has 0 radical (unpaired) electrons. The van der Waals surface area contributed by atoms with Gasteiger partial charge in [-0.2, -0.15) is 0 Å². The van der Waals surface area contributed by atoms with Gasteiger partial charge < -0.3 is 9.47 Å². The molecule has 0 aliphatic carbocycles. The number of likely N-dealkylation sites (tertiary alicyclic amines) is 1. The summed E-state index contributed by atoms with van der Waals surface area (Å²) in [5.74, 6) is -0.380. The molecule has 2 aliphatic heterocycles. The number of rotatable bonds is 0. The van der Waals surface area contributed by atoms with Gasteiger partial charge in [-0.05, 0) is 34.7 Å². The monoisotopic (exact) mass is 255 g/mol. The molecule has 1 spiro atoms. The standard InChI is InChI=1S/C15H29NO2/c1-12(2)10-17-15(18-11-12)8-13(3,4)16(7)14(5,6)9-15/h8-11H2,1-7H3. The summed E-state index contributed by atoms with van der Waals surface area (Å²) in [6.07, 6.45) is 1.88. The molecular formula is C15H29NO2. The highest BCUT2D eigenvalue weighted by atomic mass is 16.7. The van der Waals surface area contributed by atoms with E-state index in [0.29, 0.717) is 0 Å². The van der Waals surface area contributed by atoms with Crippen LogP contribution in [0.2, 0.25) is 0 Å². The van der Waals surface area contributed by atoms with Crippen LogP contribution in [0.4, 0.5) is 0 Å². The molecule has 2 rings (SSSR count). The smallest absolute Gasteiger partial charge is 0.171 e. The second-order valence-corrected chi connectivity index (χ2v) is 8.19. The molecule has 0 aromatic heterocycles. The van der Waals surface area contributed by atoms with Crippen molar-refractivity contribution in [1.29, 1.82) is 0 Å². The highest BCUT2D eigenvalue weighted by Gasteiger charge is 2.54. The molecule has 0 amide bonds. The Morgan fingerprint density at radius 2 is 1.17 bits per heavy atom. The minimum atomic E-state index is -0.380. The van der Waals surface area contributed by atoms with Gasteiger partial charge in [0.25, 0.3) is 0 Å². The minimum absolute atomic E-state index is 0.100. The second kappa shape index (κ2) is 3.94. The molecule has 0 bridgehead atoms. The summed E-state index contributed by atoms with van der Waals surface area (Å²) >= 11 is 0. The summed E-state index contributed by atoms with van der Waals surface area (Å²) in [6.45, 7) is 15.1. The van der Waals surface area contributed by atoms with Crippen LogP contribution in [0.1, 0.15) is 54.4 Å². The van der Waals surface area contributed by atoms with Crippen LogP contribution in [0.25, 0.3) is 0 Å². The SMILES string of the molecule is CN1C(C)(C)CC2(CC1(C)C)OCC(C)(C)CO2. The van der Waals surface area contributed by atoms with Gasteiger partial charge >= 0.3 is 0 Å². The fourth-order valence-electron chi connectivity index (χ4n) is 3.38. The van der Waals surface area contributed by atoms with Crippen LogP contribution in [0.15, 0.2) is 0 Å². The van der Waals surface area contributed by atoms with Crippen molar-refractivity contribution in [3.05, 3.63) is 0 Å². The second-order valence-electron chi connectivity index (χ2n) is 8.19. The minimum Gasteiger partial charge on any atom is -0.349 e. The third-order valence-corrected chi connectivity index (χ3v) is 4.67. The van der Waals surface area contributed by atoms with Crippen LogP contribution in [0, 0.1) is 5.41 Å². The number of hydrogen-bond donors (Lipinski definition) is 0. The molecule has 2 aliphatic rings. The van der Waals surface area contributed by atoms with Crippen molar-refractivity contribution in [3.8, 4) is 0 Å². The van der Waals surface area contributed by atoms with Gasteiger partial charge in [0.15, 0.2) is 5.79 Å². The van der Waals surface area contributed by atoms with E-state index in [0.717, 1.165) is 26.1 Å². The van der Waals surface area contributed by atoms with Crippen LogP contribution in [0.5, 0.6) is 0 Å². The molecule has 0 unspecified atom stereocenters. The lowest BCUT2D eigenvalue weighted by Crippen LogP contribution is -2.66. The van der Waals surface area contributed by atoms with E-state index < -0.39 is 0 Å². The lowest BCUT2D eigenvalue weighted by Gasteiger charge is -2.59. The topological polar surface area (TPSA) is 21.7 Å². The first-order chi connectivity index (χ1) is 7.98. The third kappa shape index (κ3) is 2.45. The van der Waals surface area contributed by atoms with E-state index in [4.69, 9.17) is 9.47 Å². The maximum absolute atomic E-state index is 6.19. The Hall–Kier alpha value is -0.120. The summed E-state index contributed by atoms with van der Waals surface area (Å²) in [5.41, 5.74) is 0.343. The van der Waals surface area contributed by atoms with Crippen LogP contribution in [-0.2, 0) is 9.47 Å². The summed E-state index contributed by atoms with van der Waals surface area (Å²) in [4.78, 5) is 2.46. The largest absolute Gasteiger partial charge is 0.349 e. The predicted molar refractivity (Wildman–Crippen MR) is 73.6 cm³/mol. The molecule has 0 saturated carbocycles. The van der Waals surface area contributed by atoms with Crippen LogP contribution >= 0.6 is 0 Å². The van der Waals surface area contributed by atoms with Gasteiger partial charge in [-0.3, -0.25) is 4.90 Å². The number of nitrogens with zero attached hydrogens (tertiary/aromatic N) is 1. The molecule has 0 N–H and O–H groups in total. The van der Waals surface area contributed by atoms with Gasteiger partial charge in [0.2, 0.25) is 0 Å². The fraction of sp³-hybridized carbons (Fsp3) is 1.00. The van der Waals surface area contributed by atoms with Crippen molar-refractivity contribution in [2.75, 3.05) is 20.3 Å². The van der Waals surface area contributed by atoms with Gasteiger partial charge in [0, 0.05) is 29.3 Å². The van der Waals surface area contributed by atoms with Crippen molar-refractivity contribution >= 4 is 0 Å². The van der Waals surface area contributed by atoms with Crippen molar-refractivity contribution in [2.45, 2.75) is 71.2 Å². The van der Waals surface area contributed by atoms with Gasteiger partial charge in [0.05, 0.1) is 13.2 Å². The first-order valence-corrected chi connectivity index (χ1v) is 7.00. The zero-order valence-corrected chi connectivity index (χ0v) is 13.1. The van der Waals surface area contributed by atoms with Gasteiger partial charge in [-0.25, -0.2) is 0 Å². The molecule has 3 heteroatoms. The Balaban J connectivity index is 2.21. The first kappa shape index (κ1) is 14.3. The third-order valence-electron chi connectivity index (χ3n) is 4.67. The summed E-state index contributed by atoms with van der Waals surface area (Å²) in [7, 11) is 2.21. The van der Waals surface area contributed by atoms with E-state index in [-0.39, 0.29) is 22.3 Å². The van der Waals surface area contributed by atoms with Crippen LogP contribution in [-0.4, -0.2) is 42.0 Å². The molecule has 2 fully saturated rings. The lowest BCUT2D eigenvalue weighted by atomic mass is 9.75. The van der Waals surface area contributed by atoms with Gasteiger partial charge in [-0.1, -0.05) is 13.8 Å². The Morgan fingerprint density at radius 3 is 1.56 bits per heavy atom. The van der Waals surface area contributed by atoms with Crippen LogP contribution < -0.4 is 0 Å². The van der Waals surface area contributed by atoms with Gasteiger partial charge in [0.1, 0.15) is 0 Å². The van der Waals surface area contributed by atoms with E-state index in [1.54, 1.807) is 0 Å². The van der Waals surface area contributed by atoms with E-state index in [1.165, 1.54) is 0 Å². The number of hydrogen-bond acceptors (Lipinski definition) is 3. The molecule has 0 aromatic carbocycles. The van der Waals surface area contributed by atoms with Gasteiger partial charge in [-0.15, -0.1) is 0 Å². The van der Waals surface area contributed by atoms with Crippen molar-refractivity contribution in [3.63, 3.8) is 0 Å². The maximum atomic E-state index is 6.19. The van der Waals surface area contributed by atoms with E-state index in [2.05, 4.69) is 53.5 Å². The molecule has 2 heterocycles. The predicted octanol–water partition coefficient (Wildman–Crippen LogP) is 3.04. The summed E-state index contributed by atoms with van der Waals surface area (Å²) < 4.78 is 12.4. The molecule has 2 saturated heterocycles. The molecule has 18 heavy (non-hydrogen) atoms. The quantitative estimate of drug-likeness (QED) is 0.664. The molecule has 3 nitrogen and oxygen atoms in total. The first-order valence-electron chi connectivity index (χ1n) is 7.00. The average Bonchev–Trinajstić information content (AvgIpc) is 2.19. The zero-order chi connectivity index (χ0) is 13.8. The highest BCUT2D eigenvalue weighted by Crippen LogP contribution is 2.47. The molecule has 0 atom stereocenters.